The van der Waals surface area contributed by atoms with E-state index in [-0.39, 0.29) is 6.42 Å². The molecule has 0 saturated carbocycles. The van der Waals surface area contributed by atoms with Gasteiger partial charge >= 0.3 is 0 Å². The van der Waals surface area contributed by atoms with Crippen molar-refractivity contribution in [2.75, 3.05) is 0 Å². The van der Waals surface area contributed by atoms with E-state index in [1.54, 1.807) is 13.8 Å². The monoisotopic (exact) mass is 196 g/mol. The van der Waals surface area contributed by atoms with Crippen LogP contribution in [-0.4, -0.2) is 10.5 Å². The van der Waals surface area contributed by atoms with E-state index in [9.17, 15) is 9.59 Å². The summed E-state index contributed by atoms with van der Waals surface area (Å²) in [6.07, 6.45) is 0.588. The summed E-state index contributed by atoms with van der Waals surface area (Å²) in [6.45, 7) is 3.37. The van der Waals surface area contributed by atoms with E-state index in [4.69, 9.17) is 23.2 Å². The predicted octanol–water partition coefficient (Wildman–Crippen LogP) is 2.32. The molecule has 0 N–H and O–H groups in total. The highest BCUT2D eigenvalue weighted by molar-refractivity contribution is 6.65. The molecule has 0 unspecified atom stereocenters. The third kappa shape index (κ3) is 4.38. The SMILES string of the molecule is CC(C)(CCC(=O)Cl)C(=O)Cl. The fourth-order valence-electron chi connectivity index (χ4n) is 0.509. The maximum Gasteiger partial charge on any atom is 0.227 e. The van der Waals surface area contributed by atoms with Crippen LogP contribution >= 0.6 is 23.2 Å². The minimum Gasteiger partial charge on any atom is -0.281 e. The average molecular weight is 197 g/mol. The Morgan fingerprint density at radius 3 is 2.00 bits per heavy atom. The zero-order chi connectivity index (χ0) is 9.07. The van der Waals surface area contributed by atoms with Gasteiger partial charge in [0.15, 0.2) is 0 Å². The van der Waals surface area contributed by atoms with Crippen LogP contribution in [0, 0.1) is 5.41 Å². The smallest absolute Gasteiger partial charge is 0.227 e. The molecule has 0 saturated heterocycles. The van der Waals surface area contributed by atoms with Gasteiger partial charge in [0.25, 0.3) is 0 Å². The molecule has 0 aliphatic heterocycles. The van der Waals surface area contributed by atoms with Crippen LogP contribution < -0.4 is 0 Å². The van der Waals surface area contributed by atoms with Crippen molar-refractivity contribution in [3.05, 3.63) is 0 Å². The second-order valence-electron chi connectivity index (χ2n) is 3.01. The normalized spacial score (nSPS) is 11.3. The minimum absolute atomic E-state index is 0.188. The zero-order valence-electron chi connectivity index (χ0n) is 6.49. The quantitative estimate of drug-likeness (QED) is 0.648. The molecule has 0 atom stereocenters. The Morgan fingerprint density at radius 1 is 1.27 bits per heavy atom. The molecule has 4 heteroatoms. The maximum atomic E-state index is 10.7. The van der Waals surface area contributed by atoms with Crippen molar-refractivity contribution in [3.8, 4) is 0 Å². The van der Waals surface area contributed by atoms with Gasteiger partial charge in [-0.3, -0.25) is 9.59 Å². The third-order valence-electron chi connectivity index (χ3n) is 1.48. The Bertz CT molecular complexity index is 175. The summed E-state index contributed by atoms with van der Waals surface area (Å²) in [4.78, 5) is 21.0. The molecule has 0 fully saturated rings. The average Bonchev–Trinajstić information content (AvgIpc) is 1.84. The van der Waals surface area contributed by atoms with E-state index in [0.29, 0.717) is 6.42 Å². The number of halogens is 2. The van der Waals surface area contributed by atoms with E-state index < -0.39 is 15.9 Å². The second-order valence-corrected chi connectivity index (χ2v) is 3.78. The largest absolute Gasteiger partial charge is 0.281 e. The highest BCUT2D eigenvalue weighted by atomic mass is 35.5. The van der Waals surface area contributed by atoms with Gasteiger partial charge in [0.05, 0.1) is 0 Å². The van der Waals surface area contributed by atoms with Gasteiger partial charge in [-0.25, -0.2) is 0 Å². The molecule has 0 aromatic heterocycles. The number of carbonyl (C=O) groups is 2. The Hall–Kier alpha value is -0.0800. The fourth-order valence-corrected chi connectivity index (χ4v) is 0.698. The summed E-state index contributed by atoms with van der Waals surface area (Å²) in [7, 11) is 0. The predicted molar refractivity (Wildman–Crippen MR) is 44.7 cm³/mol. The minimum atomic E-state index is -0.647. The van der Waals surface area contributed by atoms with Gasteiger partial charge in [-0.05, 0) is 29.6 Å². The molecule has 11 heavy (non-hydrogen) atoms. The van der Waals surface area contributed by atoms with Crippen LogP contribution in [0.1, 0.15) is 26.7 Å². The molecular weight excluding hydrogens is 187 g/mol. The molecule has 0 amide bonds. The summed E-state index contributed by atoms with van der Waals surface area (Å²) in [5, 5.41) is -0.869. The number of rotatable bonds is 4. The topological polar surface area (TPSA) is 34.1 Å². The van der Waals surface area contributed by atoms with Crippen molar-refractivity contribution in [2.24, 2.45) is 5.41 Å². The highest BCUT2D eigenvalue weighted by Crippen LogP contribution is 2.25. The van der Waals surface area contributed by atoms with Gasteiger partial charge in [-0.2, -0.15) is 0 Å². The first kappa shape index (κ1) is 10.9. The fraction of sp³-hybridized carbons (Fsp3) is 0.714. The lowest BCUT2D eigenvalue weighted by molar-refractivity contribution is -0.119. The van der Waals surface area contributed by atoms with Crippen molar-refractivity contribution < 1.29 is 9.59 Å². The Morgan fingerprint density at radius 2 is 1.73 bits per heavy atom. The van der Waals surface area contributed by atoms with Crippen molar-refractivity contribution >= 4 is 33.7 Å². The van der Waals surface area contributed by atoms with Gasteiger partial charge in [0.2, 0.25) is 10.5 Å². The summed E-state index contributed by atoms with van der Waals surface area (Å²) in [6, 6.07) is 0. The Kier molecular flexibility index (Phi) is 4.04. The van der Waals surface area contributed by atoms with E-state index in [1.807, 2.05) is 0 Å². The first-order valence-corrected chi connectivity index (χ1v) is 4.00. The first-order chi connectivity index (χ1) is 4.86. The summed E-state index contributed by atoms with van der Waals surface area (Å²) >= 11 is 10.4. The van der Waals surface area contributed by atoms with Crippen molar-refractivity contribution in [2.45, 2.75) is 26.7 Å². The third-order valence-corrected chi connectivity index (χ3v) is 2.18. The first-order valence-electron chi connectivity index (χ1n) is 3.24. The Balaban J connectivity index is 3.92. The summed E-state index contributed by atoms with van der Waals surface area (Å²) in [5.74, 6) is 0. The molecule has 0 radical (unpaired) electrons. The summed E-state index contributed by atoms with van der Waals surface area (Å²) < 4.78 is 0. The van der Waals surface area contributed by atoms with Crippen LogP contribution in [0.25, 0.3) is 0 Å². The van der Waals surface area contributed by atoms with Gasteiger partial charge in [-0.15, -0.1) is 0 Å². The highest BCUT2D eigenvalue weighted by Gasteiger charge is 2.25. The van der Waals surface area contributed by atoms with Crippen LogP contribution in [0.15, 0.2) is 0 Å². The molecule has 0 aromatic rings. The molecule has 0 aliphatic carbocycles. The van der Waals surface area contributed by atoms with Crippen LogP contribution in [0.4, 0.5) is 0 Å². The van der Waals surface area contributed by atoms with Crippen LogP contribution in [-0.2, 0) is 9.59 Å². The molecule has 0 rings (SSSR count). The lowest BCUT2D eigenvalue weighted by atomic mass is 9.90. The Labute approximate surface area is 75.9 Å². The van der Waals surface area contributed by atoms with E-state index in [0.717, 1.165) is 0 Å². The molecule has 64 valence electrons. The van der Waals surface area contributed by atoms with E-state index >= 15 is 0 Å². The molecule has 0 heterocycles. The van der Waals surface area contributed by atoms with Gasteiger partial charge in [0.1, 0.15) is 0 Å². The molecule has 2 nitrogen and oxygen atoms in total. The van der Waals surface area contributed by atoms with Gasteiger partial charge in [0, 0.05) is 11.8 Å². The number of hydrogen-bond donors (Lipinski definition) is 0. The van der Waals surface area contributed by atoms with Crippen LogP contribution in [0.5, 0.6) is 0 Å². The van der Waals surface area contributed by atoms with Crippen LogP contribution in [0.2, 0.25) is 0 Å². The standard InChI is InChI=1S/C7H10Cl2O2/c1-7(2,6(9)11)4-3-5(8)10/h3-4H2,1-2H3. The molecule has 0 spiro atoms. The number of hydrogen-bond acceptors (Lipinski definition) is 2. The van der Waals surface area contributed by atoms with Gasteiger partial charge in [-0.1, -0.05) is 13.8 Å². The van der Waals surface area contributed by atoms with Crippen molar-refractivity contribution in [1.82, 2.24) is 0 Å². The maximum absolute atomic E-state index is 10.7. The van der Waals surface area contributed by atoms with E-state index in [2.05, 4.69) is 0 Å². The summed E-state index contributed by atoms with van der Waals surface area (Å²) in [5.41, 5.74) is -0.647. The van der Waals surface area contributed by atoms with Crippen LogP contribution in [0.3, 0.4) is 0 Å². The lowest BCUT2D eigenvalue weighted by Gasteiger charge is -2.17. The zero-order valence-corrected chi connectivity index (χ0v) is 8.00. The van der Waals surface area contributed by atoms with Crippen molar-refractivity contribution in [1.29, 1.82) is 0 Å². The number of carbonyl (C=O) groups excluding carboxylic acids is 2. The lowest BCUT2D eigenvalue weighted by Crippen LogP contribution is -2.19. The van der Waals surface area contributed by atoms with Crippen molar-refractivity contribution in [3.63, 3.8) is 0 Å². The molecular formula is C7H10Cl2O2. The molecule has 0 aromatic carbocycles. The second kappa shape index (κ2) is 4.07. The molecule has 0 aliphatic rings. The van der Waals surface area contributed by atoms with Gasteiger partial charge < -0.3 is 0 Å². The van der Waals surface area contributed by atoms with E-state index in [1.165, 1.54) is 0 Å². The molecule has 0 bridgehead atoms.